The fourth-order valence-electron chi connectivity index (χ4n) is 2.15. The number of methoxy groups -OCH3 is 1. The highest BCUT2D eigenvalue weighted by Gasteiger charge is 2.17. The van der Waals surface area contributed by atoms with Crippen LogP contribution in [-0.2, 0) is 14.8 Å². The lowest BCUT2D eigenvalue weighted by Crippen LogP contribution is -2.33. The minimum atomic E-state index is -3.84. The molecule has 0 heterocycles. The average molecular weight is 359 g/mol. The van der Waals surface area contributed by atoms with E-state index in [1.807, 2.05) is 6.07 Å². The van der Waals surface area contributed by atoms with Crippen molar-refractivity contribution in [2.24, 2.45) is 0 Å². The van der Waals surface area contributed by atoms with Gasteiger partial charge in [0.1, 0.15) is 11.8 Å². The summed E-state index contributed by atoms with van der Waals surface area (Å²) in [5.74, 6) is 0.00121. The zero-order valence-electron chi connectivity index (χ0n) is 13.7. The fourth-order valence-corrected chi connectivity index (χ4v) is 3.21. The van der Waals surface area contributed by atoms with E-state index in [0.29, 0.717) is 22.6 Å². The molecule has 2 aromatic carbocycles. The van der Waals surface area contributed by atoms with Crippen molar-refractivity contribution < 1.29 is 17.9 Å². The van der Waals surface area contributed by atoms with Crippen molar-refractivity contribution in [3.05, 3.63) is 53.6 Å². The number of ether oxygens (including phenoxy) is 1. The van der Waals surface area contributed by atoms with E-state index in [2.05, 4.69) is 10.0 Å². The molecular weight excluding hydrogens is 342 g/mol. The monoisotopic (exact) mass is 359 g/mol. The van der Waals surface area contributed by atoms with Crippen molar-refractivity contribution in [3.8, 4) is 11.8 Å². The molecule has 0 radical (unpaired) electrons. The molecule has 0 saturated heterocycles. The largest absolute Gasteiger partial charge is 0.496 e. The van der Waals surface area contributed by atoms with Crippen LogP contribution in [0.5, 0.6) is 5.75 Å². The van der Waals surface area contributed by atoms with E-state index in [1.165, 1.54) is 19.2 Å². The number of hydrogen-bond donors (Lipinski definition) is 2. The van der Waals surface area contributed by atoms with Crippen molar-refractivity contribution >= 4 is 21.6 Å². The summed E-state index contributed by atoms with van der Waals surface area (Å²) in [6.07, 6.45) is 0. The molecule has 2 rings (SSSR count). The van der Waals surface area contributed by atoms with E-state index in [1.54, 1.807) is 37.3 Å². The summed E-state index contributed by atoms with van der Waals surface area (Å²) in [5, 5.41) is 11.5. The first kappa shape index (κ1) is 18.4. The molecule has 0 saturated carbocycles. The molecule has 0 aromatic heterocycles. The number of nitriles is 1. The first-order valence-corrected chi connectivity index (χ1v) is 8.79. The molecule has 0 aliphatic rings. The molecule has 0 atom stereocenters. The van der Waals surface area contributed by atoms with Crippen LogP contribution in [0.25, 0.3) is 0 Å². The number of sulfonamides is 1. The minimum absolute atomic E-state index is 0.0380. The van der Waals surface area contributed by atoms with Gasteiger partial charge in [-0.05, 0) is 42.8 Å². The molecule has 0 fully saturated rings. The summed E-state index contributed by atoms with van der Waals surface area (Å²) in [5.41, 5.74) is 1.29. The van der Waals surface area contributed by atoms with E-state index in [9.17, 15) is 13.2 Å². The lowest BCUT2D eigenvalue weighted by molar-refractivity contribution is -0.115. The van der Waals surface area contributed by atoms with Gasteiger partial charge in [-0.15, -0.1) is 0 Å². The van der Waals surface area contributed by atoms with Crippen LogP contribution < -0.4 is 14.8 Å². The van der Waals surface area contributed by atoms with Crippen LogP contribution in [0.2, 0.25) is 0 Å². The maximum Gasteiger partial charge on any atom is 0.241 e. The van der Waals surface area contributed by atoms with E-state index in [-0.39, 0.29) is 4.90 Å². The topological polar surface area (TPSA) is 108 Å². The van der Waals surface area contributed by atoms with Gasteiger partial charge >= 0.3 is 0 Å². The van der Waals surface area contributed by atoms with Gasteiger partial charge in [0.2, 0.25) is 15.9 Å². The molecule has 0 bridgehead atoms. The summed E-state index contributed by atoms with van der Waals surface area (Å²) < 4.78 is 31.9. The van der Waals surface area contributed by atoms with Crippen molar-refractivity contribution in [3.63, 3.8) is 0 Å². The first-order chi connectivity index (χ1) is 11.9. The predicted octanol–water partition coefficient (Wildman–Crippen LogP) is 1.79. The summed E-state index contributed by atoms with van der Waals surface area (Å²) in [4.78, 5) is 12.0. The Kier molecular flexibility index (Phi) is 5.75. The molecule has 8 heteroatoms. The quantitative estimate of drug-likeness (QED) is 0.817. The van der Waals surface area contributed by atoms with Gasteiger partial charge in [-0.1, -0.05) is 12.1 Å². The Morgan fingerprint density at radius 3 is 2.60 bits per heavy atom. The Labute approximate surface area is 146 Å². The van der Waals surface area contributed by atoms with Crippen LogP contribution in [0.1, 0.15) is 11.1 Å². The molecule has 0 unspecified atom stereocenters. The van der Waals surface area contributed by atoms with Crippen molar-refractivity contribution in [2.45, 2.75) is 11.8 Å². The van der Waals surface area contributed by atoms with E-state index >= 15 is 0 Å². The third-order valence-corrected chi connectivity index (χ3v) is 4.82. The maximum atomic E-state index is 12.3. The highest BCUT2D eigenvalue weighted by Crippen LogP contribution is 2.21. The Balaban J connectivity index is 2.05. The van der Waals surface area contributed by atoms with E-state index in [0.717, 1.165) is 0 Å². The Morgan fingerprint density at radius 2 is 1.96 bits per heavy atom. The zero-order chi connectivity index (χ0) is 18.4. The number of benzene rings is 2. The predicted molar refractivity (Wildman–Crippen MR) is 92.7 cm³/mol. The number of carbonyl (C=O) groups is 1. The second-order valence-electron chi connectivity index (χ2n) is 5.16. The van der Waals surface area contributed by atoms with E-state index < -0.39 is 22.5 Å². The number of aryl methyl sites for hydroxylation is 1. The number of anilines is 1. The molecular formula is C17H17N3O4S. The van der Waals surface area contributed by atoms with Gasteiger partial charge in [-0.3, -0.25) is 4.79 Å². The molecule has 1 amide bonds. The average Bonchev–Trinajstić information content (AvgIpc) is 2.60. The smallest absolute Gasteiger partial charge is 0.241 e. The van der Waals surface area contributed by atoms with Crippen LogP contribution in [0, 0.1) is 18.3 Å². The minimum Gasteiger partial charge on any atom is -0.496 e. The van der Waals surface area contributed by atoms with Gasteiger partial charge in [-0.25, -0.2) is 13.1 Å². The fraction of sp³-hybridized carbons (Fsp3) is 0.176. The zero-order valence-corrected chi connectivity index (χ0v) is 14.6. The van der Waals surface area contributed by atoms with Gasteiger partial charge in [0.15, 0.2) is 0 Å². The third-order valence-electron chi connectivity index (χ3n) is 3.42. The molecule has 2 aromatic rings. The molecule has 0 spiro atoms. The molecule has 25 heavy (non-hydrogen) atoms. The van der Waals surface area contributed by atoms with Crippen LogP contribution in [0.15, 0.2) is 47.4 Å². The van der Waals surface area contributed by atoms with Gasteiger partial charge < -0.3 is 10.1 Å². The summed E-state index contributed by atoms with van der Waals surface area (Å²) in [7, 11) is -2.34. The maximum absolute atomic E-state index is 12.3. The number of rotatable bonds is 6. The van der Waals surface area contributed by atoms with Crippen LogP contribution >= 0.6 is 0 Å². The van der Waals surface area contributed by atoms with E-state index in [4.69, 9.17) is 10.00 Å². The molecule has 0 aliphatic heterocycles. The standard InChI is InChI=1S/C17H17N3O4S/c1-12-9-14(7-8-16(12)24-2)25(22,23)19-11-17(21)20-15-6-4-3-5-13(15)10-18/h3-9,19H,11H2,1-2H3,(H,20,21). The third kappa shape index (κ3) is 4.56. The number of para-hydroxylation sites is 1. The number of nitrogens with one attached hydrogen (secondary N) is 2. The SMILES string of the molecule is COc1ccc(S(=O)(=O)NCC(=O)Nc2ccccc2C#N)cc1C. The molecule has 0 aliphatic carbocycles. The second-order valence-corrected chi connectivity index (χ2v) is 6.93. The number of amides is 1. The van der Waals surface area contributed by atoms with Crippen LogP contribution in [-0.4, -0.2) is 28.0 Å². The first-order valence-electron chi connectivity index (χ1n) is 7.30. The van der Waals surface area contributed by atoms with Crippen molar-refractivity contribution in [1.82, 2.24) is 4.72 Å². The van der Waals surface area contributed by atoms with Crippen LogP contribution in [0.3, 0.4) is 0 Å². The molecule has 130 valence electrons. The number of nitrogens with zero attached hydrogens (tertiary/aromatic N) is 1. The van der Waals surface area contributed by atoms with Crippen LogP contribution in [0.4, 0.5) is 5.69 Å². The number of hydrogen-bond acceptors (Lipinski definition) is 5. The second kappa shape index (κ2) is 7.79. The number of carbonyl (C=O) groups excluding carboxylic acids is 1. The Bertz CT molecular complexity index is 933. The summed E-state index contributed by atoms with van der Waals surface area (Å²) in [6.45, 7) is 1.27. The highest BCUT2D eigenvalue weighted by molar-refractivity contribution is 7.89. The highest BCUT2D eigenvalue weighted by atomic mass is 32.2. The summed E-state index contributed by atoms with van der Waals surface area (Å²) in [6, 6.07) is 12.8. The normalized spacial score (nSPS) is 10.8. The van der Waals surface area contributed by atoms with Crippen molar-refractivity contribution in [2.75, 3.05) is 19.0 Å². The van der Waals surface area contributed by atoms with Gasteiger partial charge in [0, 0.05) is 0 Å². The van der Waals surface area contributed by atoms with Gasteiger partial charge in [0.05, 0.1) is 29.8 Å². The Hall–Kier alpha value is -2.89. The molecule has 7 nitrogen and oxygen atoms in total. The lowest BCUT2D eigenvalue weighted by Gasteiger charge is -2.10. The Morgan fingerprint density at radius 1 is 1.24 bits per heavy atom. The van der Waals surface area contributed by atoms with Gasteiger partial charge in [-0.2, -0.15) is 5.26 Å². The lowest BCUT2D eigenvalue weighted by atomic mass is 10.2. The molecule has 2 N–H and O–H groups in total. The van der Waals surface area contributed by atoms with Crippen molar-refractivity contribution in [1.29, 1.82) is 5.26 Å². The summed E-state index contributed by atoms with van der Waals surface area (Å²) >= 11 is 0. The van der Waals surface area contributed by atoms with Gasteiger partial charge in [0.25, 0.3) is 0 Å².